The Bertz CT molecular complexity index is 639. The quantitative estimate of drug-likeness (QED) is 0.846. The molecule has 108 valence electrons. The van der Waals surface area contributed by atoms with Crippen molar-refractivity contribution >= 4 is 27.9 Å². The van der Waals surface area contributed by atoms with Crippen LogP contribution in [-0.4, -0.2) is 18.0 Å². The molecule has 0 spiro atoms. The van der Waals surface area contributed by atoms with Crippen molar-refractivity contribution in [2.24, 2.45) is 0 Å². The van der Waals surface area contributed by atoms with Crippen LogP contribution in [0.3, 0.4) is 0 Å². The third-order valence-corrected chi connectivity index (χ3v) is 3.52. The van der Waals surface area contributed by atoms with Crippen LogP contribution in [0.5, 0.6) is 5.88 Å². The van der Waals surface area contributed by atoms with E-state index in [1.165, 1.54) is 6.08 Å². The summed E-state index contributed by atoms with van der Waals surface area (Å²) in [7, 11) is 1.57. The van der Waals surface area contributed by atoms with Crippen LogP contribution in [0.2, 0.25) is 0 Å². The van der Waals surface area contributed by atoms with Gasteiger partial charge >= 0.3 is 0 Å². The van der Waals surface area contributed by atoms with Crippen molar-refractivity contribution < 1.29 is 9.53 Å². The highest BCUT2D eigenvalue weighted by molar-refractivity contribution is 9.10. The molecule has 0 unspecified atom stereocenters. The molecule has 0 saturated heterocycles. The van der Waals surface area contributed by atoms with Crippen LogP contribution in [0.15, 0.2) is 53.1 Å². The first-order chi connectivity index (χ1) is 10.2. The molecule has 0 aliphatic carbocycles. The number of hydrogen-bond acceptors (Lipinski definition) is 3. The van der Waals surface area contributed by atoms with Gasteiger partial charge < -0.3 is 10.1 Å². The standard InChI is InChI=1S/C16H15BrN2O2/c1-21-16-9-6-12(11-19-16)10-18-15(20)8-7-13-4-2-3-5-14(13)17/h2-9,11H,10H2,1H3,(H,18,20)/b8-7+. The van der Waals surface area contributed by atoms with Crippen molar-refractivity contribution in [1.82, 2.24) is 10.3 Å². The van der Waals surface area contributed by atoms with Gasteiger partial charge in [-0.05, 0) is 23.3 Å². The maximum absolute atomic E-state index is 11.8. The zero-order valence-corrected chi connectivity index (χ0v) is 13.1. The fourth-order valence-corrected chi connectivity index (χ4v) is 2.08. The molecule has 1 aromatic carbocycles. The van der Waals surface area contributed by atoms with Crippen molar-refractivity contribution in [2.75, 3.05) is 7.11 Å². The number of halogens is 1. The molecule has 0 fully saturated rings. The van der Waals surface area contributed by atoms with E-state index in [1.54, 1.807) is 25.4 Å². The minimum atomic E-state index is -0.151. The number of carbonyl (C=O) groups is 1. The second-order valence-corrected chi connectivity index (χ2v) is 5.14. The van der Waals surface area contributed by atoms with Crippen molar-refractivity contribution in [2.45, 2.75) is 6.54 Å². The second kappa shape index (κ2) is 7.59. The summed E-state index contributed by atoms with van der Waals surface area (Å²) >= 11 is 3.43. The number of methoxy groups -OCH3 is 1. The monoisotopic (exact) mass is 346 g/mol. The zero-order valence-electron chi connectivity index (χ0n) is 11.5. The van der Waals surface area contributed by atoms with Gasteiger partial charge in [-0.25, -0.2) is 4.98 Å². The van der Waals surface area contributed by atoms with Crippen molar-refractivity contribution in [3.63, 3.8) is 0 Å². The Hall–Kier alpha value is -2.14. The van der Waals surface area contributed by atoms with Crippen LogP contribution in [-0.2, 0) is 11.3 Å². The number of benzene rings is 1. The molecule has 0 bridgehead atoms. The van der Waals surface area contributed by atoms with Crippen LogP contribution < -0.4 is 10.1 Å². The number of nitrogens with zero attached hydrogens (tertiary/aromatic N) is 1. The van der Waals surface area contributed by atoms with E-state index in [1.807, 2.05) is 30.3 Å². The lowest BCUT2D eigenvalue weighted by Gasteiger charge is -2.03. The maximum Gasteiger partial charge on any atom is 0.244 e. The average Bonchev–Trinajstić information content (AvgIpc) is 2.52. The van der Waals surface area contributed by atoms with Gasteiger partial charge in [0.2, 0.25) is 11.8 Å². The van der Waals surface area contributed by atoms with E-state index in [0.717, 1.165) is 15.6 Å². The summed E-state index contributed by atoms with van der Waals surface area (Å²) in [4.78, 5) is 15.8. The van der Waals surface area contributed by atoms with Gasteiger partial charge in [0.15, 0.2) is 0 Å². The molecule has 0 atom stereocenters. The first-order valence-corrected chi connectivity index (χ1v) is 7.17. The predicted molar refractivity (Wildman–Crippen MR) is 85.8 cm³/mol. The van der Waals surface area contributed by atoms with Crippen molar-refractivity contribution in [3.05, 3.63) is 64.3 Å². The van der Waals surface area contributed by atoms with Gasteiger partial charge in [0.05, 0.1) is 7.11 Å². The van der Waals surface area contributed by atoms with Crippen molar-refractivity contribution in [3.8, 4) is 5.88 Å². The summed E-state index contributed by atoms with van der Waals surface area (Å²) in [5.74, 6) is 0.403. The SMILES string of the molecule is COc1ccc(CNC(=O)/C=C/c2ccccc2Br)cn1. The summed E-state index contributed by atoms with van der Waals surface area (Å²) in [5, 5.41) is 2.80. The molecule has 21 heavy (non-hydrogen) atoms. The topological polar surface area (TPSA) is 51.2 Å². The molecule has 0 aliphatic heterocycles. The Morgan fingerprint density at radius 1 is 1.33 bits per heavy atom. The summed E-state index contributed by atoms with van der Waals surface area (Å²) in [5.41, 5.74) is 1.87. The minimum absolute atomic E-state index is 0.151. The van der Waals surface area contributed by atoms with E-state index < -0.39 is 0 Å². The third kappa shape index (κ3) is 4.72. The van der Waals surface area contributed by atoms with Gasteiger partial charge in [0, 0.05) is 29.4 Å². The van der Waals surface area contributed by atoms with E-state index in [2.05, 4.69) is 26.2 Å². The molecule has 2 rings (SSSR count). The first kappa shape index (κ1) is 15.3. The summed E-state index contributed by atoms with van der Waals surface area (Å²) in [6.07, 6.45) is 4.96. The van der Waals surface area contributed by atoms with E-state index in [4.69, 9.17) is 4.74 Å². The average molecular weight is 347 g/mol. The molecule has 5 heteroatoms. The lowest BCUT2D eigenvalue weighted by atomic mass is 10.2. The largest absolute Gasteiger partial charge is 0.481 e. The molecule has 0 saturated carbocycles. The molecule has 2 aromatic rings. The van der Waals surface area contributed by atoms with Gasteiger partial charge in [-0.3, -0.25) is 4.79 Å². The van der Waals surface area contributed by atoms with Gasteiger partial charge in [-0.2, -0.15) is 0 Å². The zero-order chi connectivity index (χ0) is 15.1. The van der Waals surface area contributed by atoms with Gasteiger partial charge in [-0.15, -0.1) is 0 Å². The third-order valence-electron chi connectivity index (χ3n) is 2.79. The van der Waals surface area contributed by atoms with Crippen LogP contribution in [0, 0.1) is 0 Å². The molecule has 1 N–H and O–H groups in total. The summed E-state index contributed by atoms with van der Waals surface area (Å²) in [6.45, 7) is 0.427. The highest BCUT2D eigenvalue weighted by atomic mass is 79.9. The fraction of sp³-hybridized carbons (Fsp3) is 0.125. The van der Waals surface area contributed by atoms with Crippen LogP contribution >= 0.6 is 15.9 Å². The molecule has 1 aromatic heterocycles. The Balaban J connectivity index is 1.88. The summed E-state index contributed by atoms with van der Waals surface area (Å²) < 4.78 is 5.93. The number of hydrogen-bond donors (Lipinski definition) is 1. The minimum Gasteiger partial charge on any atom is -0.481 e. The number of ether oxygens (including phenoxy) is 1. The van der Waals surface area contributed by atoms with Gasteiger partial charge in [0.25, 0.3) is 0 Å². The van der Waals surface area contributed by atoms with Crippen LogP contribution in [0.25, 0.3) is 6.08 Å². The number of aromatic nitrogens is 1. The van der Waals surface area contributed by atoms with E-state index in [9.17, 15) is 4.79 Å². The van der Waals surface area contributed by atoms with Crippen molar-refractivity contribution in [1.29, 1.82) is 0 Å². The number of pyridine rings is 1. The molecular formula is C16H15BrN2O2. The molecule has 4 nitrogen and oxygen atoms in total. The Morgan fingerprint density at radius 2 is 2.14 bits per heavy atom. The van der Waals surface area contributed by atoms with Gasteiger partial charge in [0.1, 0.15) is 0 Å². The Kier molecular flexibility index (Phi) is 5.51. The normalized spacial score (nSPS) is 10.6. The molecule has 1 amide bonds. The second-order valence-electron chi connectivity index (χ2n) is 4.28. The van der Waals surface area contributed by atoms with E-state index >= 15 is 0 Å². The highest BCUT2D eigenvalue weighted by Crippen LogP contribution is 2.16. The first-order valence-electron chi connectivity index (χ1n) is 6.38. The number of carbonyl (C=O) groups excluding carboxylic acids is 1. The number of amides is 1. The highest BCUT2D eigenvalue weighted by Gasteiger charge is 1.99. The fourth-order valence-electron chi connectivity index (χ4n) is 1.66. The smallest absolute Gasteiger partial charge is 0.244 e. The summed E-state index contributed by atoms with van der Waals surface area (Å²) in [6, 6.07) is 11.3. The Labute approximate surface area is 132 Å². The van der Waals surface area contributed by atoms with Gasteiger partial charge in [-0.1, -0.05) is 40.2 Å². The number of rotatable bonds is 5. The maximum atomic E-state index is 11.8. The molecule has 0 aliphatic rings. The lowest BCUT2D eigenvalue weighted by molar-refractivity contribution is -0.116. The molecule has 1 heterocycles. The van der Waals surface area contributed by atoms with Crippen LogP contribution in [0.4, 0.5) is 0 Å². The predicted octanol–water partition coefficient (Wildman–Crippen LogP) is 3.18. The molecule has 0 radical (unpaired) electrons. The van der Waals surface area contributed by atoms with E-state index in [-0.39, 0.29) is 5.91 Å². The van der Waals surface area contributed by atoms with E-state index in [0.29, 0.717) is 12.4 Å². The molecular weight excluding hydrogens is 332 g/mol. The lowest BCUT2D eigenvalue weighted by Crippen LogP contribution is -2.20. The Morgan fingerprint density at radius 3 is 2.81 bits per heavy atom. The number of nitrogens with one attached hydrogen (secondary N) is 1. The van der Waals surface area contributed by atoms with Crippen LogP contribution in [0.1, 0.15) is 11.1 Å².